The first kappa shape index (κ1) is 24.9. The van der Waals surface area contributed by atoms with E-state index in [1.807, 2.05) is 0 Å². The monoisotopic (exact) mass is 522 g/mol. The van der Waals surface area contributed by atoms with Crippen molar-refractivity contribution < 1.29 is 23.8 Å². The highest BCUT2D eigenvalue weighted by atomic mass is 35.5. The number of Topliss-reactive ketones (excluding diaryl/α,β-unsaturated/α-hetero) is 1. The number of ether oxygens (including phenoxy) is 1. The molecule has 1 aliphatic heterocycles. The first-order chi connectivity index (χ1) is 17.5. The Morgan fingerprint density at radius 3 is 2.70 bits per heavy atom. The third-order valence-electron chi connectivity index (χ3n) is 6.86. The van der Waals surface area contributed by atoms with E-state index in [0.717, 1.165) is 0 Å². The number of nitrogens with two attached hydrogens (primary N) is 1. The quantitative estimate of drug-likeness (QED) is 0.308. The van der Waals surface area contributed by atoms with Crippen molar-refractivity contribution >= 4 is 34.3 Å². The van der Waals surface area contributed by atoms with Crippen molar-refractivity contribution in [2.75, 3.05) is 6.61 Å². The largest absolute Gasteiger partial charge is 0.489 e. The van der Waals surface area contributed by atoms with Gasteiger partial charge in [-0.05, 0) is 62.7 Å². The van der Waals surface area contributed by atoms with Crippen molar-refractivity contribution in [3.05, 3.63) is 76.5 Å². The Hall–Kier alpha value is -3.82. The number of aliphatic hydroxyl groups is 1. The third kappa shape index (κ3) is 4.45. The van der Waals surface area contributed by atoms with E-state index in [1.54, 1.807) is 44.2 Å². The third-order valence-corrected chi connectivity index (χ3v) is 7.07. The van der Waals surface area contributed by atoms with E-state index in [1.165, 1.54) is 18.3 Å². The molecular weight excluding hydrogens is 499 g/mol. The summed E-state index contributed by atoms with van der Waals surface area (Å²) in [4.78, 5) is 37.1. The average Bonchev–Trinajstić information content (AvgIpc) is 3.44. The molecule has 1 amide bonds. The number of nitrogens with zero attached hydrogens (tertiary/aromatic N) is 2. The van der Waals surface area contributed by atoms with Gasteiger partial charge in [-0.3, -0.25) is 9.59 Å². The second-order valence-electron chi connectivity index (χ2n) is 9.70. The lowest BCUT2D eigenvalue weighted by molar-refractivity contribution is -0.123. The Morgan fingerprint density at radius 1 is 1.27 bits per heavy atom. The topological polar surface area (TPSA) is 131 Å². The van der Waals surface area contributed by atoms with Gasteiger partial charge in [0.15, 0.2) is 5.78 Å². The van der Waals surface area contributed by atoms with Crippen molar-refractivity contribution in [1.29, 1.82) is 0 Å². The Balaban J connectivity index is 1.49. The van der Waals surface area contributed by atoms with E-state index in [0.29, 0.717) is 44.3 Å². The van der Waals surface area contributed by atoms with Gasteiger partial charge in [0.25, 0.3) is 0 Å². The predicted molar refractivity (Wildman–Crippen MR) is 136 cm³/mol. The molecule has 0 radical (unpaired) electrons. The summed E-state index contributed by atoms with van der Waals surface area (Å²) in [6, 6.07) is 10.6. The maximum Gasteiger partial charge on any atom is 0.231 e. The number of amides is 1. The van der Waals surface area contributed by atoms with Gasteiger partial charge in [-0.2, -0.15) is 0 Å². The number of H-pyrrole nitrogens is 1. The fraction of sp³-hybridized carbons (Fsp3) is 0.259. The van der Waals surface area contributed by atoms with Crippen molar-refractivity contribution in [2.24, 2.45) is 5.73 Å². The van der Waals surface area contributed by atoms with Crippen LogP contribution in [-0.4, -0.2) is 38.4 Å². The number of benzene rings is 1. The number of halogens is 2. The van der Waals surface area contributed by atoms with Crippen LogP contribution < -0.4 is 10.5 Å². The minimum Gasteiger partial charge on any atom is -0.489 e. The number of ketones is 1. The van der Waals surface area contributed by atoms with Crippen LogP contribution >= 0.6 is 11.6 Å². The zero-order chi connectivity index (χ0) is 26.5. The standard InChI is InChI=1S/C27H24ClFN4O4/c1-26(25(30)35)13-37-23-18(26)11-21(33-22(23)14-3-5-17(29)6-4-14)27(2,36)8-7-20(34)19-10-15-9-16(28)12-31-24(15)32-19/h3-6,9-12,36H,7-8,13H2,1-2H3,(H2,30,35)(H,31,32)/t26-,27-/m0/s1. The summed E-state index contributed by atoms with van der Waals surface area (Å²) in [6.45, 7) is 3.22. The number of pyridine rings is 2. The predicted octanol–water partition coefficient (Wildman–Crippen LogP) is 4.42. The SMILES string of the molecule is C[C@](O)(CCC(=O)c1cc2cc(Cl)cnc2[nH]1)c1cc2c(c(-c3ccc(F)cc3)n1)OC[C@]2(C)C(N)=O. The van der Waals surface area contributed by atoms with Crippen LogP contribution in [0.5, 0.6) is 5.75 Å². The van der Waals surface area contributed by atoms with Gasteiger partial charge in [-0.15, -0.1) is 0 Å². The molecule has 1 aliphatic rings. The summed E-state index contributed by atoms with van der Waals surface area (Å²) in [7, 11) is 0. The Bertz CT molecular complexity index is 1550. The fourth-order valence-electron chi connectivity index (χ4n) is 4.43. The maximum absolute atomic E-state index is 13.6. The van der Waals surface area contributed by atoms with Gasteiger partial charge in [-0.25, -0.2) is 14.4 Å². The number of hydrogen-bond donors (Lipinski definition) is 3. The van der Waals surface area contributed by atoms with E-state index >= 15 is 0 Å². The fourth-order valence-corrected chi connectivity index (χ4v) is 4.59. The van der Waals surface area contributed by atoms with Gasteiger partial charge in [0.1, 0.15) is 40.5 Å². The molecule has 1 aromatic carbocycles. The normalized spacial score (nSPS) is 18.3. The summed E-state index contributed by atoms with van der Waals surface area (Å²) < 4.78 is 19.4. The van der Waals surface area contributed by atoms with Crippen molar-refractivity contribution in [3.8, 4) is 17.0 Å². The second-order valence-corrected chi connectivity index (χ2v) is 10.1. The molecule has 4 N–H and O–H groups in total. The molecule has 3 aromatic heterocycles. The maximum atomic E-state index is 13.6. The molecule has 0 saturated heterocycles. The van der Waals surface area contributed by atoms with E-state index in [-0.39, 0.29) is 30.9 Å². The molecule has 0 unspecified atom stereocenters. The first-order valence-electron chi connectivity index (χ1n) is 11.6. The summed E-state index contributed by atoms with van der Waals surface area (Å²) in [5, 5.41) is 12.6. The van der Waals surface area contributed by atoms with E-state index < -0.39 is 22.7 Å². The van der Waals surface area contributed by atoms with Crippen LogP contribution in [0.2, 0.25) is 5.02 Å². The van der Waals surface area contributed by atoms with Gasteiger partial charge in [-0.1, -0.05) is 11.6 Å². The zero-order valence-corrected chi connectivity index (χ0v) is 20.9. The Labute approximate surface area is 216 Å². The van der Waals surface area contributed by atoms with Crippen LogP contribution in [0.1, 0.15) is 48.4 Å². The minimum absolute atomic E-state index is 0.00177. The summed E-state index contributed by atoms with van der Waals surface area (Å²) >= 11 is 5.98. The highest BCUT2D eigenvalue weighted by Gasteiger charge is 2.45. The molecule has 10 heteroatoms. The van der Waals surface area contributed by atoms with Crippen LogP contribution in [0.25, 0.3) is 22.3 Å². The summed E-state index contributed by atoms with van der Waals surface area (Å²) in [6.07, 6.45) is 1.53. The number of aromatic amines is 1. The smallest absolute Gasteiger partial charge is 0.231 e. The van der Waals surface area contributed by atoms with E-state index in [9.17, 15) is 19.1 Å². The van der Waals surface area contributed by atoms with E-state index in [4.69, 9.17) is 22.1 Å². The number of aromatic nitrogens is 3. The van der Waals surface area contributed by atoms with Crippen LogP contribution in [0.3, 0.4) is 0 Å². The van der Waals surface area contributed by atoms with Gasteiger partial charge in [0.05, 0.1) is 16.4 Å². The van der Waals surface area contributed by atoms with Crippen LogP contribution in [0.4, 0.5) is 4.39 Å². The second kappa shape index (κ2) is 8.93. The molecule has 5 rings (SSSR count). The number of carbonyl (C=O) groups is 2. The molecule has 37 heavy (non-hydrogen) atoms. The number of rotatable bonds is 7. The zero-order valence-electron chi connectivity index (χ0n) is 20.1. The number of fused-ring (bicyclic) bond motifs is 2. The van der Waals surface area contributed by atoms with Crippen molar-refractivity contribution in [3.63, 3.8) is 0 Å². The summed E-state index contributed by atoms with van der Waals surface area (Å²) in [5.41, 5.74) is 5.51. The molecule has 0 saturated carbocycles. The van der Waals surface area contributed by atoms with E-state index in [2.05, 4.69) is 15.0 Å². The molecular formula is C27H24ClFN4O4. The molecule has 190 valence electrons. The summed E-state index contributed by atoms with van der Waals surface area (Å²) in [5.74, 6) is -0.873. The molecule has 2 atom stereocenters. The molecule has 0 spiro atoms. The minimum atomic E-state index is -1.55. The van der Waals surface area contributed by atoms with Gasteiger partial charge in [0.2, 0.25) is 5.91 Å². The molecule has 0 bridgehead atoms. The van der Waals surface area contributed by atoms with Crippen molar-refractivity contribution in [2.45, 2.75) is 37.7 Å². The molecule has 4 heterocycles. The lowest BCUT2D eigenvalue weighted by atomic mass is 9.81. The van der Waals surface area contributed by atoms with Gasteiger partial charge >= 0.3 is 0 Å². The Morgan fingerprint density at radius 2 is 2.00 bits per heavy atom. The number of hydrogen-bond acceptors (Lipinski definition) is 6. The highest BCUT2D eigenvalue weighted by Crippen LogP contribution is 2.46. The number of carbonyl (C=O) groups excluding carboxylic acids is 2. The highest BCUT2D eigenvalue weighted by molar-refractivity contribution is 6.31. The number of primary amides is 1. The van der Waals surface area contributed by atoms with Gasteiger partial charge < -0.3 is 20.6 Å². The van der Waals surface area contributed by atoms with Crippen molar-refractivity contribution in [1.82, 2.24) is 15.0 Å². The van der Waals surface area contributed by atoms with Gasteiger partial charge in [0, 0.05) is 29.1 Å². The van der Waals surface area contributed by atoms with Crippen LogP contribution in [0.15, 0.2) is 48.7 Å². The van der Waals surface area contributed by atoms with Crippen LogP contribution in [0, 0.1) is 5.82 Å². The molecule has 4 aromatic rings. The Kier molecular flexibility index (Phi) is 6.00. The first-order valence-corrected chi connectivity index (χ1v) is 12.0. The molecule has 8 nitrogen and oxygen atoms in total. The molecule has 0 fully saturated rings. The lowest BCUT2D eigenvalue weighted by Crippen LogP contribution is -2.40. The molecule has 0 aliphatic carbocycles. The number of nitrogens with one attached hydrogen (secondary N) is 1. The lowest BCUT2D eigenvalue weighted by Gasteiger charge is -2.25. The van der Waals surface area contributed by atoms with Crippen LogP contribution in [-0.2, 0) is 15.8 Å². The average molecular weight is 523 g/mol.